The Labute approximate surface area is 276 Å². The zero-order chi connectivity index (χ0) is 32.2. The second-order valence-electron chi connectivity index (χ2n) is 11.7. The summed E-state index contributed by atoms with van der Waals surface area (Å²) >= 11 is 1.63. The highest BCUT2D eigenvalue weighted by Gasteiger charge is 2.36. The van der Waals surface area contributed by atoms with E-state index in [0.29, 0.717) is 22.3 Å². The van der Waals surface area contributed by atoms with Crippen LogP contribution >= 0.6 is 32.5 Å². The molecular formula is C38H24O6S3. The Morgan fingerprint density at radius 2 is 0.766 bits per heavy atom. The van der Waals surface area contributed by atoms with E-state index in [-0.39, 0.29) is 31.1 Å². The number of carbonyl (C=O) groups excluding carboxylic acids is 2. The lowest BCUT2D eigenvalue weighted by atomic mass is 9.96. The van der Waals surface area contributed by atoms with Gasteiger partial charge in [0.2, 0.25) is 0 Å². The van der Waals surface area contributed by atoms with Gasteiger partial charge in [0.25, 0.3) is 0 Å². The number of rotatable bonds is 2. The normalized spacial score (nSPS) is 17.0. The van der Waals surface area contributed by atoms with E-state index < -0.39 is 21.2 Å². The summed E-state index contributed by atoms with van der Waals surface area (Å²) in [6.45, 7) is 0. The summed E-state index contributed by atoms with van der Waals surface area (Å²) in [5.41, 5.74) is 4.65. The van der Waals surface area contributed by atoms with Crippen LogP contribution in [0.15, 0.2) is 141 Å². The monoisotopic (exact) mass is 672 g/mol. The fraction of sp³-hybridized carbons (Fsp3) is 0. The molecule has 9 heteroatoms. The van der Waals surface area contributed by atoms with Gasteiger partial charge in [-0.2, -0.15) is 0 Å². The molecule has 230 valence electrons. The number of fused-ring (bicyclic) bond motifs is 7. The minimum absolute atomic E-state index is 0.225. The summed E-state index contributed by atoms with van der Waals surface area (Å²) in [5.74, 6) is -0.449. The van der Waals surface area contributed by atoms with E-state index in [9.17, 15) is 27.8 Å². The Morgan fingerprint density at radius 1 is 0.404 bits per heavy atom. The number of hydrogen-bond acceptors (Lipinski definition) is 7. The van der Waals surface area contributed by atoms with Crippen LogP contribution in [0.25, 0.3) is 42.4 Å². The highest BCUT2D eigenvalue weighted by Crippen LogP contribution is 2.62. The van der Waals surface area contributed by atoms with Gasteiger partial charge in [-0.25, -0.2) is 0 Å². The maximum absolute atomic E-state index is 13.4. The molecule has 47 heavy (non-hydrogen) atoms. The van der Waals surface area contributed by atoms with Crippen LogP contribution in [0.5, 0.6) is 0 Å². The number of carbonyl (C=O) groups is 2. The van der Waals surface area contributed by atoms with Gasteiger partial charge >= 0.3 is 0 Å². The van der Waals surface area contributed by atoms with Crippen molar-refractivity contribution in [3.8, 4) is 22.3 Å². The van der Waals surface area contributed by atoms with Gasteiger partial charge in [0.1, 0.15) is 0 Å². The summed E-state index contributed by atoms with van der Waals surface area (Å²) in [5, 5.41) is 2.17. The van der Waals surface area contributed by atoms with E-state index in [1.165, 1.54) is 0 Å². The van der Waals surface area contributed by atoms with Gasteiger partial charge in [0.05, 0.1) is 19.6 Å². The van der Waals surface area contributed by atoms with Gasteiger partial charge < -0.3 is 0 Å². The van der Waals surface area contributed by atoms with Gasteiger partial charge in [0.15, 0.2) is 11.6 Å². The summed E-state index contributed by atoms with van der Waals surface area (Å²) in [6.07, 6.45) is 0. The average Bonchev–Trinajstić information content (AvgIpc) is 3.46. The Morgan fingerprint density at radius 3 is 1.21 bits per heavy atom. The molecule has 6 nitrogen and oxygen atoms in total. The van der Waals surface area contributed by atoms with Crippen LogP contribution in [0.3, 0.4) is 0 Å². The third-order valence-electron chi connectivity index (χ3n) is 9.08. The number of ketones is 2. The first-order chi connectivity index (χ1) is 22.6. The molecular weight excluding hydrogens is 649 g/mol. The van der Waals surface area contributed by atoms with Gasteiger partial charge in [0, 0.05) is 42.4 Å². The number of thiophene rings is 1. The molecule has 3 heterocycles. The Hall–Kier alpha value is -4.58. The number of benzene rings is 6. The minimum Gasteiger partial charge on any atom is -0.290 e. The van der Waals surface area contributed by atoms with Crippen molar-refractivity contribution >= 4 is 64.3 Å². The molecule has 7 aromatic rings. The Balaban J connectivity index is 1.10. The molecule has 0 bridgehead atoms. The Kier molecular flexibility index (Phi) is 6.07. The first-order valence-corrected chi connectivity index (χ1v) is 18.6. The van der Waals surface area contributed by atoms with E-state index in [1.807, 2.05) is 24.3 Å². The summed E-state index contributed by atoms with van der Waals surface area (Å²) in [4.78, 5) is 27.8. The highest BCUT2D eigenvalue weighted by atomic mass is 32.3. The van der Waals surface area contributed by atoms with Crippen molar-refractivity contribution in [3.05, 3.63) is 144 Å². The zero-order valence-corrected chi connectivity index (χ0v) is 26.8. The summed E-state index contributed by atoms with van der Waals surface area (Å²) < 4.78 is 46.4. The van der Waals surface area contributed by atoms with Crippen molar-refractivity contribution < 1.29 is 27.8 Å². The standard InChI is InChI=1S/C38H24O6S3/c39-37-27-5-1-3-7-33(27)46(41,42)35-15-11-21(17-29(35)37)23-9-13-25-26-14-10-24(20-32(26)45-31(25)19-23)22-12-16-36-30(18-22)38(40)28-6-2-4-8-34(28)47(36,43)44/h1-20,41-44H. The first-order valence-electron chi connectivity index (χ1n) is 14.7. The molecule has 0 unspecified atom stereocenters. The van der Waals surface area contributed by atoms with E-state index in [2.05, 4.69) is 24.3 Å². The lowest BCUT2D eigenvalue weighted by molar-refractivity contribution is 0.102. The van der Waals surface area contributed by atoms with Gasteiger partial charge in [-0.3, -0.25) is 27.8 Å². The average molecular weight is 673 g/mol. The van der Waals surface area contributed by atoms with Crippen LogP contribution in [0.1, 0.15) is 31.8 Å². The van der Waals surface area contributed by atoms with E-state index in [4.69, 9.17) is 0 Å². The Bertz CT molecular complexity index is 2360. The highest BCUT2D eigenvalue weighted by molar-refractivity contribution is 8.24. The predicted octanol–water partition coefficient (Wildman–Crippen LogP) is 10.8. The van der Waals surface area contributed by atoms with E-state index in [0.717, 1.165) is 42.4 Å². The summed E-state index contributed by atoms with van der Waals surface area (Å²) in [6, 6.07) is 36.1. The molecule has 2 aliphatic rings. The molecule has 1 aromatic heterocycles. The molecule has 2 aliphatic heterocycles. The maximum Gasteiger partial charge on any atom is 0.196 e. The van der Waals surface area contributed by atoms with Crippen LogP contribution in [-0.2, 0) is 0 Å². The lowest BCUT2D eigenvalue weighted by Gasteiger charge is -2.38. The molecule has 0 radical (unpaired) electrons. The molecule has 6 aromatic carbocycles. The van der Waals surface area contributed by atoms with Crippen molar-refractivity contribution in [2.75, 3.05) is 0 Å². The molecule has 0 aliphatic carbocycles. The van der Waals surface area contributed by atoms with Crippen molar-refractivity contribution in [3.63, 3.8) is 0 Å². The van der Waals surface area contributed by atoms with Gasteiger partial charge in [-0.15, -0.1) is 32.5 Å². The molecule has 0 saturated carbocycles. The topological polar surface area (TPSA) is 115 Å². The van der Waals surface area contributed by atoms with E-state index >= 15 is 0 Å². The molecule has 0 spiro atoms. The minimum atomic E-state index is -3.30. The molecule has 9 rings (SSSR count). The largest absolute Gasteiger partial charge is 0.290 e. The van der Waals surface area contributed by atoms with Crippen LogP contribution in [-0.4, -0.2) is 29.8 Å². The van der Waals surface area contributed by atoms with Crippen molar-refractivity contribution in [1.29, 1.82) is 0 Å². The fourth-order valence-corrected chi connectivity index (χ4v) is 11.3. The smallest absolute Gasteiger partial charge is 0.196 e. The molecule has 0 saturated heterocycles. The van der Waals surface area contributed by atoms with Crippen LogP contribution < -0.4 is 0 Å². The first kappa shape index (κ1) is 28.6. The molecule has 0 atom stereocenters. The van der Waals surface area contributed by atoms with Gasteiger partial charge in [-0.1, -0.05) is 60.7 Å². The SMILES string of the molecule is O=C1c2ccccc2S(O)(O)c2ccc(-c3ccc4c(c3)sc3cc(-c5ccc6c(c5)C(=O)c5ccccc5S6(O)O)ccc34)cc21. The molecule has 4 N–H and O–H groups in total. The van der Waals surface area contributed by atoms with Crippen molar-refractivity contribution in [2.24, 2.45) is 0 Å². The quantitative estimate of drug-likeness (QED) is 0.145. The molecule has 0 amide bonds. The maximum atomic E-state index is 13.4. The van der Waals surface area contributed by atoms with Crippen LogP contribution in [0.4, 0.5) is 0 Å². The van der Waals surface area contributed by atoms with E-state index in [1.54, 1.807) is 84.1 Å². The second-order valence-corrected chi connectivity index (χ2v) is 16.7. The predicted molar refractivity (Wildman–Crippen MR) is 189 cm³/mol. The van der Waals surface area contributed by atoms with Crippen LogP contribution in [0.2, 0.25) is 0 Å². The third-order valence-corrected chi connectivity index (χ3v) is 14.1. The second kappa shape index (κ2) is 9.96. The van der Waals surface area contributed by atoms with Crippen LogP contribution in [0, 0.1) is 0 Å². The zero-order valence-electron chi connectivity index (χ0n) is 24.4. The van der Waals surface area contributed by atoms with Crippen molar-refractivity contribution in [2.45, 2.75) is 19.6 Å². The van der Waals surface area contributed by atoms with Gasteiger partial charge in [-0.05, 0) is 82.9 Å². The lowest BCUT2D eigenvalue weighted by Crippen LogP contribution is -2.18. The summed E-state index contributed by atoms with van der Waals surface area (Å²) in [7, 11) is -6.60. The number of hydrogen-bond donors (Lipinski definition) is 4. The van der Waals surface area contributed by atoms with Crippen molar-refractivity contribution in [1.82, 2.24) is 0 Å². The molecule has 0 fully saturated rings. The third kappa shape index (κ3) is 4.09. The fourth-order valence-electron chi connectivity index (χ4n) is 6.74.